The van der Waals surface area contributed by atoms with Gasteiger partial charge in [0.2, 0.25) is 0 Å². The number of oxazole rings is 1. The lowest BCUT2D eigenvalue weighted by Crippen LogP contribution is -2.46. The van der Waals surface area contributed by atoms with Gasteiger partial charge in [0.15, 0.2) is 5.58 Å². The van der Waals surface area contributed by atoms with Crippen LogP contribution in [0.4, 0.5) is 0 Å². The van der Waals surface area contributed by atoms with E-state index in [0.29, 0.717) is 17.6 Å². The number of rotatable bonds is 1. The third kappa shape index (κ3) is 1.03. The SMILES string of the molecule is O=C1[N]CC1n1c(=O)oc2ccccc21. The van der Waals surface area contributed by atoms with E-state index in [1.54, 1.807) is 24.3 Å². The van der Waals surface area contributed by atoms with Gasteiger partial charge in [0.1, 0.15) is 6.04 Å². The molecule has 1 saturated heterocycles. The molecular weight excluding hydrogens is 196 g/mol. The maximum Gasteiger partial charge on any atom is 0.420 e. The average molecular weight is 203 g/mol. The summed E-state index contributed by atoms with van der Waals surface area (Å²) in [5.41, 5.74) is 1.15. The van der Waals surface area contributed by atoms with Gasteiger partial charge in [-0.2, -0.15) is 0 Å². The zero-order valence-electron chi connectivity index (χ0n) is 7.71. The Bertz CT molecular complexity index is 596. The molecule has 2 heterocycles. The van der Waals surface area contributed by atoms with Crippen LogP contribution < -0.4 is 11.1 Å². The number of hydrogen-bond acceptors (Lipinski definition) is 3. The van der Waals surface area contributed by atoms with Gasteiger partial charge in [0.25, 0.3) is 5.91 Å². The Morgan fingerprint density at radius 3 is 2.80 bits per heavy atom. The van der Waals surface area contributed by atoms with Crippen LogP contribution in [-0.2, 0) is 4.79 Å². The molecule has 1 aliphatic rings. The summed E-state index contributed by atoms with van der Waals surface area (Å²) in [5, 5.41) is 3.61. The Morgan fingerprint density at radius 2 is 2.13 bits per heavy atom. The fourth-order valence-corrected chi connectivity index (χ4v) is 1.72. The highest BCUT2D eigenvalue weighted by atomic mass is 16.4. The molecule has 0 spiro atoms. The van der Waals surface area contributed by atoms with Crippen molar-refractivity contribution in [1.82, 2.24) is 9.88 Å². The van der Waals surface area contributed by atoms with Gasteiger partial charge in [0.05, 0.1) is 12.1 Å². The molecule has 0 N–H and O–H groups in total. The Balaban J connectivity index is 2.29. The van der Waals surface area contributed by atoms with E-state index in [1.165, 1.54) is 4.57 Å². The molecule has 3 rings (SSSR count). The standard InChI is InChI=1S/C10H7N2O3/c13-9-7(5-11-9)12-6-3-1-2-4-8(6)15-10(12)14/h1-4,7H,5H2. The lowest BCUT2D eigenvalue weighted by Gasteiger charge is -2.23. The fraction of sp³-hybridized carbons (Fsp3) is 0.200. The first-order valence-corrected chi connectivity index (χ1v) is 4.59. The molecule has 15 heavy (non-hydrogen) atoms. The molecule has 1 aliphatic heterocycles. The van der Waals surface area contributed by atoms with Crippen LogP contribution in [0.25, 0.3) is 11.1 Å². The molecule has 1 fully saturated rings. The molecule has 1 aromatic heterocycles. The first kappa shape index (κ1) is 8.28. The van der Waals surface area contributed by atoms with E-state index in [0.717, 1.165) is 0 Å². The second-order valence-corrected chi connectivity index (χ2v) is 3.40. The summed E-state index contributed by atoms with van der Waals surface area (Å²) in [6, 6.07) is 6.57. The first-order chi connectivity index (χ1) is 7.27. The molecule has 0 aliphatic carbocycles. The molecule has 1 radical (unpaired) electrons. The molecule has 1 aromatic carbocycles. The van der Waals surface area contributed by atoms with E-state index < -0.39 is 11.8 Å². The lowest BCUT2D eigenvalue weighted by atomic mass is 10.1. The minimum atomic E-state index is -0.496. The summed E-state index contributed by atoms with van der Waals surface area (Å²) in [7, 11) is 0. The Labute approximate surface area is 84.3 Å². The number of benzene rings is 1. The zero-order chi connectivity index (χ0) is 10.4. The largest absolute Gasteiger partial charge is 0.420 e. The molecule has 1 atom stereocenters. The normalized spacial score (nSPS) is 20.0. The number of carbonyl (C=O) groups is 1. The Hall–Kier alpha value is -2.04. The highest BCUT2D eigenvalue weighted by Crippen LogP contribution is 2.20. The van der Waals surface area contributed by atoms with E-state index in [9.17, 15) is 9.59 Å². The van der Waals surface area contributed by atoms with E-state index in [1.807, 2.05) is 0 Å². The number of β-lactam (4-membered cyclic amide) rings is 1. The van der Waals surface area contributed by atoms with Gasteiger partial charge in [-0.05, 0) is 12.1 Å². The molecule has 1 amide bonds. The molecule has 5 heteroatoms. The summed E-state index contributed by atoms with van der Waals surface area (Å²) in [4.78, 5) is 22.7. The predicted octanol–water partition coefficient (Wildman–Crippen LogP) is 0.280. The minimum Gasteiger partial charge on any atom is -0.408 e. The van der Waals surface area contributed by atoms with Crippen LogP contribution >= 0.6 is 0 Å². The summed E-state index contributed by atoms with van der Waals surface area (Å²) in [6.07, 6.45) is 0. The fourth-order valence-electron chi connectivity index (χ4n) is 1.72. The summed E-state index contributed by atoms with van der Waals surface area (Å²) < 4.78 is 6.38. The molecule has 0 bridgehead atoms. The number of fused-ring (bicyclic) bond motifs is 1. The topological polar surface area (TPSA) is 66.3 Å². The number of para-hydroxylation sites is 2. The summed E-state index contributed by atoms with van der Waals surface area (Å²) in [6.45, 7) is 0.363. The maximum absolute atomic E-state index is 11.5. The highest BCUT2D eigenvalue weighted by molar-refractivity contribution is 5.87. The minimum absolute atomic E-state index is 0.261. The van der Waals surface area contributed by atoms with Crippen LogP contribution in [0.15, 0.2) is 33.5 Å². The number of hydrogen-bond donors (Lipinski definition) is 0. The van der Waals surface area contributed by atoms with Crippen LogP contribution in [0.2, 0.25) is 0 Å². The van der Waals surface area contributed by atoms with Gasteiger partial charge >= 0.3 is 5.76 Å². The molecule has 2 aromatic rings. The predicted molar refractivity (Wildman–Crippen MR) is 51.5 cm³/mol. The van der Waals surface area contributed by atoms with E-state index in [-0.39, 0.29) is 5.91 Å². The second kappa shape index (κ2) is 2.73. The van der Waals surface area contributed by atoms with Gasteiger partial charge in [-0.1, -0.05) is 12.1 Å². The van der Waals surface area contributed by atoms with Gasteiger partial charge in [-0.15, -0.1) is 0 Å². The van der Waals surface area contributed by atoms with Crippen molar-refractivity contribution in [1.29, 1.82) is 0 Å². The number of amides is 1. The average Bonchev–Trinajstić information content (AvgIpc) is 2.54. The smallest absolute Gasteiger partial charge is 0.408 e. The molecule has 1 unspecified atom stereocenters. The second-order valence-electron chi connectivity index (χ2n) is 3.40. The van der Waals surface area contributed by atoms with Gasteiger partial charge in [-0.3, -0.25) is 9.36 Å². The van der Waals surface area contributed by atoms with Gasteiger partial charge in [-0.25, -0.2) is 10.1 Å². The van der Waals surface area contributed by atoms with Gasteiger partial charge < -0.3 is 4.42 Å². The van der Waals surface area contributed by atoms with Crippen molar-refractivity contribution >= 4 is 17.0 Å². The number of nitrogens with zero attached hydrogens (tertiary/aromatic N) is 2. The molecular formula is C10H7N2O3. The van der Waals surface area contributed by atoms with E-state index >= 15 is 0 Å². The quantitative estimate of drug-likeness (QED) is 0.625. The van der Waals surface area contributed by atoms with Crippen molar-refractivity contribution in [3.8, 4) is 0 Å². The highest BCUT2D eigenvalue weighted by Gasteiger charge is 2.34. The number of carbonyl (C=O) groups excluding carboxylic acids is 1. The van der Waals surface area contributed by atoms with E-state index in [2.05, 4.69) is 5.32 Å². The van der Waals surface area contributed by atoms with Crippen molar-refractivity contribution in [2.45, 2.75) is 6.04 Å². The van der Waals surface area contributed by atoms with Crippen LogP contribution in [0.5, 0.6) is 0 Å². The van der Waals surface area contributed by atoms with Crippen LogP contribution in [0, 0.1) is 0 Å². The third-order valence-corrected chi connectivity index (χ3v) is 2.54. The van der Waals surface area contributed by atoms with Crippen molar-refractivity contribution in [2.75, 3.05) is 6.54 Å². The molecule has 5 nitrogen and oxygen atoms in total. The molecule has 75 valence electrons. The zero-order valence-corrected chi connectivity index (χ0v) is 7.71. The van der Waals surface area contributed by atoms with Crippen molar-refractivity contribution in [2.24, 2.45) is 0 Å². The van der Waals surface area contributed by atoms with Crippen LogP contribution in [-0.4, -0.2) is 17.0 Å². The summed E-state index contributed by atoms with van der Waals surface area (Å²) >= 11 is 0. The van der Waals surface area contributed by atoms with Crippen molar-refractivity contribution in [3.63, 3.8) is 0 Å². The van der Waals surface area contributed by atoms with Crippen molar-refractivity contribution < 1.29 is 9.21 Å². The van der Waals surface area contributed by atoms with E-state index in [4.69, 9.17) is 4.42 Å². The number of aromatic nitrogens is 1. The van der Waals surface area contributed by atoms with Gasteiger partial charge in [0, 0.05) is 0 Å². The summed E-state index contributed by atoms with van der Waals surface area (Å²) in [5.74, 6) is -0.756. The first-order valence-electron chi connectivity index (χ1n) is 4.59. The monoisotopic (exact) mass is 203 g/mol. The lowest BCUT2D eigenvalue weighted by molar-refractivity contribution is -0.130. The van der Waals surface area contributed by atoms with Crippen molar-refractivity contribution in [3.05, 3.63) is 34.8 Å². The molecule has 0 saturated carbocycles. The third-order valence-electron chi connectivity index (χ3n) is 2.54. The Kier molecular flexibility index (Phi) is 1.50. The Morgan fingerprint density at radius 1 is 1.33 bits per heavy atom. The van der Waals surface area contributed by atoms with Crippen LogP contribution in [0.3, 0.4) is 0 Å². The van der Waals surface area contributed by atoms with Crippen LogP contribution in [0.1, 0.15) is 6.04 Å². The maximum atomic E-state index is 11.5.